The highest BCUT2D eigenvalue weighted by Crippen LogP contribution is 2.32. The summed E-state index contributed by atoms with van der Waals surface area (Å²) in [4.78, 5) is 0. The Morgan fingerprint density at radius 1 is 1.18 bits per heavy atom. The van der Waals surface area contributed by atoms with Crippen LogP contribution in [0.1, 0.15) is 44.9 Å². The lowest BCUT2D eigenvalue weighted by atomic mass is 9.99. The zero-order chi connectivity index (χ0) is 12.3. The summed E-state index contributed by atoms with van der Waals surface area (Å²) < 4.78 is 26.7. The van der Waals surface area contributed by atoms with E-state index in [0.717, 1.165) is 19.3 Å². The number of hydrogen-bond acceptors (Lipinski definition) is 3. The molecule has 0 bridgehead atoms. The van der Waals surface area contributed by atoms with E-state index in [4.69, 9.17) is 5.73 Å². The number of hydrogen-bond donors (Lipinski definition) is 2. The first-order chi connectivity index (χ1) is 8.11. The van der Waals surface area contributed by atoms with Gasteiger partial charge in [-0.3, -0.25) is 0 Å². The van der Waals surface area contributed by atoms with E-state index < -0.39 is 10.0 Å². The summed E-state index contributed by atoms with van der Waals surface area (Å²) in [5.74, 6) is 1.39. The van der Waals surface area contributed by atoms with Crippen LogP contribution in [0.4, 0.5) is 0 Å². The molecule has 0 radical (unpaired) electrons. The second kappa shape index (κ2) is 5.67. The van der Waals surface area contributed by atoms with Crippen molar-refractivity contribution < 1.29 is 8.42 Å². The van der Waals surface area contributed by atoms with Crippen LogP contribution in [0, 0.1) is 11.8 Å². The Morgan fingerprint density at radius 2 is 1.82 bits per heavy atom. The zero-order valence-electron chi connectivity index (χ0n) is 10.4. The molecule has 2 fully saturated rings. The SMILES string of the molecule is NCC(NS(=O)(=O)CCC1CC1)C1CCCC1. The molecule has 0 amide bonds. The van der Waals surface area contributed by atoms with Gasteiger partial charge in [-0.05, 0) is 31.1 Å². The van der Waals surface area contributed by atoms with Gasteiger partial charge in [0.25, 0.3) is 0 Å². The molecule has 2 saturated carbocycles. The van der Waals surface area contributed by atoms with E-state index in [1.165, 1.54) is 25.7 Å². The van der Waals surface area contributed by atoms with Crippen molar-refractivity contribution in [2.45, 2.75) is 51.0 Å². The average molecular weight is 260 g/mol. The fourth-order valence-corrected chi connectivity index (χ4v) is 4.23. The average Bonchev–Trinajstić information content (AvgIpc) is 2.97. The molecular formula is C12H24N2O2S. The Morgan fingerprint density at radius 3 is 2.35 bits per heavy atom. The molecule has 0 aromatic carbocycles. The number of sulfonamides is 1. The molecule has 0 aromatic rings. The van der Waals surface area contributed by atoms with Crippen LogP contribution in [0.3, 0.4) is 0 Å². The summed E-state index contributed by atoms with van der Waals surface area (Å²) in [6, 6.07) is -0.0401. The van der Waals surface area contributed by atoms with Crippen molar-refractivity contribution in [3.63, 3.8) is 0 Å². The molecular weight excluding hydrogens is 236 g/mol. The van der Waals surface area contributed by atoms with Crippen LogP contribution in [0.15, 0.2) is 0 Å². The Balaban J connectivity index is 1.82. The zero-order valence-corrected chi connectivity index (χ0v) is 11.2. The van der Waals surface area contributed by atoms with Gasteiger partial charge in [-0.15, -0.1) is 0 Å². The number of nitrogens with one attached hydrogen (secondary N) is 1. The third kappa shape index (κ3) is 4.23. The molecule has 1 atom stereocenters. The van der Waals surface area contributed by atoms with Crippen LogP contribution in [-0.2, 0) is 10.0 Å². The van der Waals surface area contributed by atoms with Gasteiger partial charge in [0.1, 0.15) is 0 Å². The summed E-state index contributed by atoms with van der Waals surface area (Å²) in [5.41, 5.74) is 5.70. The van der Waals surface area contributed by atoms with Crippen molar-refractivity contribution in [2.75, 3.05) is 12.3 Å². The molecule has 17 heavy (non-hydrogen) atoms. The smallest absolute Gasteiger partial charge is 0.211 e. The minimum Gasteiger partial charge on any atom is -0.329 e. The first kappa shape index (κ1) is 13.3. The molecule has 5 heteroatoms. The highest BCUT2D eigenvalue weighted by Gasteiger charge is 2.29. The third-order valence-corrected chi connectivity index (χ3v) is 5.48. The van der Waals surface area contributed by atoms with Crippen LogP contribution in [0.2, 0.25) is 0 Å². The molecule has 4 nitrogen and oxygen atoms in total. The monoisotopic (exact) mass is 260 g/mol. The lowest BCUT2D eigenvalue weighted by Gasteiger charge is -2.22. The predicted octanol–water partition coefficient (Wildman–Crippen LogP) is 1.22. The first-order valence-corrected chi connectivity index (χ1v) is 8.46. The van der Waals surface area contributed by atoms with E-state index >= 15 is 0 Å². The second-order valence-electron chi connectivity index (χ2n) is 5.56. The summed E-state index contributed by atoms with van der Waals surface area (Å²) in [7, 11) is -3.12. The first-order valence-electron chi connectivity index (χ1n) is 6.81. The van der Waals surface area contributed by atoms with Gasteiger partial charge in [-0.1, -0.05) is 25.7 Å². The maximum absolute atomic E-state index is 11.9. The third-order valence-electron chi connectivity index (χ3n) is 4.05. The van der Waals surface area contributed by atoms with Gasteiger partial charge < -0.3 is 5.73 Å². The predicted molar refractivity (Wildman–Crippen MR) is 69.1 cm³/mol. The van der Waals surface area contributed by atoms with Gasteiger partial charge in [0, 0.05) is 12.6 Å². The van der Waals surface area contributed by atoms with Gasteiger partial charge in [0.15, 0.2) is 0 Å². The maximum atomic E-state index is 11.9. The highest BCUT2D eigenvalue weighted by molar-refractivity contribution is 7.89. The highest BCUT2D eigenvalue weighted by atomic mass is 32.2. The molecule has 2 aliphatic rings. The fourth-order valence-electron chi connectivity index (χ4n) is 2.71. The molecule has 0 spiro atoms. The minimum atomic E-state index is -3.12. The number of nitrogens with two attached hydrogens (primary N) is 1. The van der Waals surface area contributed by atoms with Gasteiger partial charge in [-0.25, -0.2) is 13.1 Å². The van der Waals surface area contributed by atoms with Crippen LogP contribution in [0.25, 0.3) is 0 Å². The van der Waals surface area contributed by atoms with Crippen LogP contribution < -0.4 is 10.5 Å². The van der Waals surface area contributed by atoms with Crippen molar-refractivity contribution in [1.29, 1.82) is 0 Å². The summed E-state index contributed by atoms with van der Waals surface area (Å²) in [6.07, 6.45) is 7.89. The Labute approximate surface area is 104 Å². The Kier molecular flexibility index (Phi) is 4.44. The Hall–Kier alpha value is -0.130. The van der Waals surface area contributed by atoms with Gasteiger partial charge in [0.05, 0.1) is 5.75 Å². The van der Waals surface area contributed by atoms with Crippen LogP contribution in [0.5, 0.6) is 0 Å². The van der Waals surface area contributed by atoms with Crippen molar-refractivity contribution in [3.8, 4) is 0 Å². The van der Waals surface area contributed by atoms with E-state index in [9.17, 15) is 8.42 Å². The molecule has 0 heterocycles. The van der Waals surface area contributed by atoms with Gasteiger partial charge >= 0.3 is 0 Å². The molecule has 1 unspecified atom stereocenters. The van der Waals surface area contributed by atoms with Crippen molar-refractivity contribution in [1.82, 2.24) is 4.72 Å². The van der Waals surface area contributed by atoms with Gasteiger partial charge in [0.2, 0.25) is 10.0 Å². The van der Waals surface area contributed by atoms with E-state index in [1.54, 1.807) is 0 Å². The summed E-state index contributed by atoms with van der Waals surface area (Å²) >= 11 is 0. The standard InChI is InChI=1S/C12H24N2O2S/c13-9-12(11-3-1-2-4-11)14-17(15,16)8-7-10-5-6-10/h10-12,14H,1-9,13H2. The van der Waals surface area contributed by atoms with E-state index in [-0.39, 0.29) is 11.8 Å². The maximum Gasteiger partial charge on any atom is 0.211 e. The topological polar surface area (TPSA) is 72.2 Å². The fraction of sp³-hybridized carbons (Fsp3) is 1.00. The molecule has 2 aliphatic carbocycles. The van der Waals surface area contributed by atoms with Crippen molar-refractivity contribution in [3.05, 3.63) is 0 Å². The molecule has 3 N–H and O–H groups in total. The van der Waals surface area contributed by atoms with Crippen molar-refractivity contribution >= 4 is 10.0 Å². The summed E-state index contributed by atoms with van der Waals surface area (Å²) in [6.45, 7) is 0.424. The van der Waals surface area contributed by atoms with E-state index in [2.05, 4.69) is 4.72 Å². The molecule has 0 aromatic heterocycles. The molecule has 0 aliphatic heterocycles. The van der Waals surface area contributed by atoms with E-state index in [1.807, 2.05) is 0 Å². The molecule has 0 saturated heterocycles. The lowest BCUT2D eigenvalue weighted by molar-refractivity contribution is 0.405. The largest absolute Gasteiger partial charge is 0.329 e. The van der Waals surface area contributed by atoms with Crippen molar-refractivity contribution in [2.24, 2.45) is 17.6 Å². The quantitative estimate of drug-likeness (QED) is 0.723. The molecule has 2 rings (SSSR count). The lowest BCUT2D eigenvalue weighted by Crippen LogP contribution is -2.45. The van der Waals surface area contributed by atoms with E-state index in [0.29, 0.717) is 18.4 Å². The van der Waals surface area contributed by atoms with Crippen LogP contribution >= 0.6 is 0 Å². The Bertz CT molecular complexity index is 332. The van der Waals surface area contributed by atoms with Gasteiger partial charge in [-0.2, -0.15) is 0 Å². The second-order valence-corrected chi connectivity index (χ2v) is 7.43. The summed E-state index contributed by atoms with van der Waals surface area (Å²) in [5, 5.41) is 0. The molecule has 100 valence electrons. The minimum absolute atomic E-state index is 0.0401. The van der Waals surface area contributed by atoms with Crippen LogP contribution in [-0.4, -0.2) is 26.8 Å². The normalized spacial score (nSPS) is 24.1. The number of rotatable bonds is 7.